The topological polar surface area (TPSA) is 47.7 Å². The molecule has 1 aromatic carbocycles. The second-order valence-corrected chi connectivity index (χ2v) is 4.26. The van der Waals surface area contributed by atoms with Crippen molar-refractivity contribution in [3.63, 3.8) is 0 Å². The molecule has 2 N–H and O–H groups in total. The summed E-state index contributed by atoms with van der Waals surface area (Å²) in [5.41, 5.74) is 7.65. The predicted molar refractivity (Wildman–Crippen MR) is 69.3 cm³/mol. The zero-order valence-electron chi connectivity index (χ0n) is 10.4. The molecule has 0 unspecified atom stereocenters. The van der Waals surface area contributed by atoms with E-state index in [4.69, 9.17) is 15.2 Å². The fourth-order valence-corrected chi connectivity index (χ4v) is 2.24. The van der Waals surface area contributed by atoms with E-state index in [0.717, 1.165) is 25.4 Å². The average molecular weight is 236 g/mol. The molecular formula is C13H20N2O2. The summed E-state index contributed by atoms with van der Waals surface area (Å²) in [6.45, 7) is 4.47. The Balaban J connectivity index is 2.06. The molecule has 2 atom stereocenters. The normalized spacial score (nSPS) is 24.2. The number of hydrogen-bond donors (Lipinski definition) is 1. The van der Waals surface area contributed by atoms with Gasteiger partial charge >= 0.3 is 0 Å². The van der Waals surface area contributed by atoms with Crippen molar-refractivity contribution >= 4 is 11.4 Å². The number of anilines is 2. The average Bonchev–Trinajstić information content (AvgIpc) is 2.74. The Kier molecular flexibility index (Phi) is 3.86. The van der Waals surface area contributed by atoms with E-state index in [1.54, 1.807) is 7.11 Å². The van der Waals surface area contributed by atoms with Crippen molar-refractivity contribution in [1.29, 1.82) is 0 Å². The van der Waals surface area contributed by atoms with E-state index in [1.165, 1.54) is 5.69 Å². The number of nitrogens with zero attached hydrogens (tertiary/aromatic N) is 1. The highest BCUT2D eigenvalue weighted by Crippen LogP contribution is 2.24. The van der Waals surface area contributed by atoms with Gasteiger partial charge in [-0.25, -0.2) is 0 Å². The lowest BCUT2D eigenvalue weighted by Gasteiger charge is -2.18. The third kappa shape index (κ3) is 2.70. The number of nitrogen functional groups attached to an aromatic ring is 1. The van der Waals surface area contributed by atoms with Gasteiger partial charge in [-0.15, -0.1) is 0 Å². The monoisotopic (exact) mass is 236 g/mol. The van der Waals surface area contributed by atoms with E-state index in [0.29, 0.717) is 0 Å². The Labute approximate surface area is 102 Å². The number of benzene rings is 1. The Bertz CT molecular complexity index is 353. The molecule has 94 valence electrons. The first-order valence-corrected chi connectivity index (χ1v) is 5.99. The number of hydrogen-bond acceptors (Lipinski definition) is 4. The highest BCUT2D eigenvalue weighted by atomic mass is 16.5. The van der Waals surface area contributed by atoms with E-state index in [1.807, 2.05) is 31.2 Å². The smallest absolute Gasteiger partial charge is 0.103 e. The van der Waals surface area contributed by atoms with Gasteiger partial charge in [0, 0.05) is 38.2 Å². The Morgan fingerprint density at radius 1 is 1.24 bits per heavy atom. The molecule has 2 rings (SSSR count). The summed E-state index contributed by atoms with van der Waals surface area (Å²) in [6, 6.07) is 7.92. The molecule has 0 bridgehead atoms. The lowest BCUT2D eigenvalue weighted by molar-refractivity contribution is -0.0232. The summed E-state index contributed by atoms with van der Waals surface area (Å²) in [5.74, 6) is 0. The van der Waals surface area contributed by atoms with Crippen LogP contribution in [0.2, 0.25) is 0 Å². The fourth-order valence-electron chi connectivity index (χ4n) is 2.24. The molecule has 4 heteroatoms. The van der Waals surface area contributed by atoms with E-state index >= 15 is 0 Å². The molecule has 0 aliphatic carbocycles. The van der Waals surface area contributed by atoms with E-state index < -0.39 is 0 Å². The quantitative estimate of drug-likeness (QED) is 0.805. The van der Waals surface area contributed by atoms with Crippen LogP contribution < -0.4 is 10.6 Å². The Hall–Kier alpha value is -1.26. The van der Waals surface area contributed by atoms with Crippen LogP contribution in [0.3, 0.4) is 0 Å². The van der Waals surface area contributed by atoms with Gasteiger partial charge in [0.05, 0.1) is 0 Å². The first-order chi connectivity index (χ1) is 8.24. The van der Waals surface area contributed by atoms with Gasteiger partial charge in [0.15, 0.2) is 0 Å². The largest absolute Gasteiger partial charge is 0.399 e. The lowest BCUT2D eigenvalue weighted by atomic mass is 10.2. The highest BCUT2D eigenvalue weighted by molar-refractivity contribution is 5.54. The maximum Gasteiger partial charge on any atom is 0.103 e. The van der Waals surface area contributed by atoms with Gasteiger partial charge in [-0.3, -0.25) is 0 Å². The van der Waals surface area contributed by atoms with Gasteiger partial charge < -0.3 is 20.1 Å². The van der Waals surface area contributed by atoms with Gasteiger partial charge in [0.1, 0.15) is 12.2 Å². The van der Waals surface area contributed by atoms with Crippen molar-refractivity contribution in [2.75, 3.05) is 37.4 Å². The molecule has 1 aliphatic rings. The minimum Gasteiger partial charge on any atom is -0.399 e. The minimum atomic E-state index is 0.146. The second kappa shape index (κ2) is 5.38. The zero-order valence-corrected chi connectivity index (χ0v) is 10.4. The van der Waals surface area contributed by atoms with Crippen LogP contribution in [0.4, 0.5) is 11.4 Å². The van der Waals surface area contributed by atoms with Gasteiger partial charge in [0.2, 0.25) is 0 Å². The molecule has 17 heavy (non-hydrogen) atoms. The Morgan fingerprint density at radius 3 is 2.47 bits per heavy atom. The van der Waals surface area contributed by atoms with Gasteiger partial charge in [-0.05, 0) is 31.2 Å². The van der Waals surface area contributed by atoms with Gasteiger partial charge in [-0.1, -0.05) is 0 Å². The molecule has 0 saturated carbocycles. The van der Waals surface area contributed by atoms with Crippen LogP contribution >= 0.6 is 0 Å². The summed E-state index contributed by atoms with van der Waals surface area (Å²) in [5, 5.41) is 0. The minimum absolute atomic E-state index is 0.146. The fraction of sp³-hybridized carbons (Fsp3) is 0.538. The molecule has 4 nitrogen and oxygen atoms in total. The van der Waals surface area contributed by atoms with Crippen LogP contribution in [0.25, 0.3) is 0 Å². The van der Waals surface area contributed by atoms with E-state index in [9.17, 15) is 0 Å². The molecule has 1 heterocycles. The van der Waals surface area contributed by atoms with E-state index in [2.05, 4.69) is 4.90 Å². The molecule has 0 amide bonds. The highest BCUT2D eigenvalue weighted by Gasteiger charge is 2.33. The van der Waals surface area contributed by atoms with Crippen molar-refractivity contribution < 1.29 is 9.47 Å². The summed E-state index contributed by atoms with van der Waals surface area (Å²) < 4.78 is 11.2. The molecule has 1 fully saturated rings. The summed E-state index contributed by atoms with van der Waals surface area (Å²) in [7, 11) is 1.74. The standard InChI is InChI=1S/C13H20N2O2/c1-3-17-13-9-15(8-12(13)16-2)11-6-4-10(14)5-7-11/h4-7,12-13H,3,8-9,14H2,1-2H3/t12-,13+/m0/s1. The van der Waals surface area contributed by atoms with Gasteiger partial charge in [0.25, 0.3) is 0 Å². The first-order valence-electron chi connectivity index (χ1n) is 5.99. The third-order valence-electron chi connectivity index (χ3n) is 3.16. The summed E-state index contributed by atoms with van der Waals surface area (Å²) in [4.78, 5) is 2.27. The zero-order chi connectivity index (χ0) is 12.3. The van der Waals surface area contributed by atoms with Gasteiger partial charge in [-0.2, -0.15) is 0 Å². The Morgan fingerprint density at radius 2 is 1.88 bits per heavy atom. The molecule has 0 aromatic heterocycles. The molecule has 1 saturated heterocycles. The van der Waals surface area contributed by atoms with Crippen LogP contribution in [-0.2, 0) is 9.47 Å². The van der Waals surface area contributed by atoms with E-state index in [-0.39, 0.29) is 12.2 Å². The van der Waals surface area contributed by atoms with Crippen molar-refractivity contribution in [3.8, 4) is 0 Å². The van der Waals surface area contributed by atoms with Crippen LogP contribution in [0.15, 0.2) is 24.3 Å². The number of methoxy groups -OCH3 is 1. The lowest BCUT2D eigenvalue weighted by Crippen LogP contribution is -2.28. The number of nitrogens with two attached hydrogens (primary N) is 1. The van der Waals surface area contributed by atoms with Crippen LogP contribution in [0.1, 0.15) is 6.92 Å². The second-order valence-electron chi connectivity index (χ2n) is 4.26. The van der Waals surface area contributed by atoms with Crippen molar-refractivity contribution in [3.05, 3.63) is 24.3 Å². The van der Waals surface area contributed by atoms with Crippen LogP contribution in [0, 0.1) is 0 Å². The predicted octanol–water partition coefficient (Wildman–Crippen LogP) is 1.51. The number of ether oxygens (including phenoxy) is 2. The van der Waals surface area contributed by atoms with Crippen LogP contribution in [-0.4, -0.2) is 39.0 Å². The molecule has 0 radical (unpaired) electrons. The molecular weight excluding hydrogens is 216 g/mol. The van der Waals surface area contributed by atoms with Crippen molar-refractivity contribution in [2.24, 2.45) is 0 Å². The van der Waals surface area contributed by atoms with Crippen molar-refractivity contribution in [2.45, 2.75) is 19.1 Å². The molecule has 0 spiro atoms. The van der Waals surface area contributed by atoms with Crippen LogP contribution in [0.5, 0.6) is 0 Å². The molecule has 1 aromatic rings. The maximum atomic E-state index is 5.69. The van der Waals surface area contributed by atoms with Crippen molar-refractivity contribution in [1.82, 2.24) is 0 Å². The molecule has 1 aliphatic heterocycles. The third-order valence-corrected chi connectivity index (χ3v) is 3.16. The summed E-state index contributed by atoms with van der Waals surface area (Å²) in [6.07, 6.45) is 0.301. The number of rotatable bonds is 4. The SMILES string of the molecule is CCO[C@@H]1CN(c2ccc(N)cc2)C[C@@H]1OC. The summed E-state index contributed by atoms with van der Waals surface area (Å²) >= 11 is 0. The first kappa shape index (κ1) is 12.2. The maximum absolute atomic E-state index is 5.69.